The molecule has 2 heterocycles. The predicted octanol–water partition coefficient (Wildman–Crippen LogP) is 3.16. The lowest BCUT2D eigenvalue weighted by molar-refractivity contribution is 0.561. The standard InChI is InChI=1S/C17H17N3O3S/c1-12-2-4-13(5-3-12)16-19-14(10-23-16)11-24(21,22)17-18-8-9-20(17)15-6-7-15/h2-5,8-10,15H,6-7,11H2,1H3. The number of hydrogen-bond donors (Lipinski definition) is 0. The van der Waals surface area contributed by atoms with Crippen LogP contribution < -0.4 is 0 Å². The van der Waals surface area contributed by atoms with Crippen LogP contribution in [0.4, 0.5) is 0 Å². The van der Waals surface area contributed by atoms with Gasteiger partial charge in [0.2, 0.25) is 20.9 Å². The van der Waals surface area contributed by atoms with Crippen LogP contribution in [0.3, 0.4) is 0 Å². The van der Waals surface area contributed by atoms with Gasteiger partial charge in [0.15, 0.2) is 0 Å². The van der Waals surface area contributed by atoms with E-state index in [9.17, 15) is 8.42 Å². The molecular formula is C17H17N3O3S. The van der Waals surface area contributed by atoms with Crippen molar-refractivity contribution in [3.63, 3.8) is 0 Å². The molecule has 1 aliphatic carbocycles. The number of nitrogens with zero attached hydrogens (tertiary/aromatic N) is 3. The Kier molecular flexibility index (Phi) is 3.53. The number of hydrogen-bond acceptors (Lipinski definition) is 5. The fourth-order valence-electron chi connectivity index (χ4n) is 2.63. The van der Waals surface area contributed by atoms with Gasteiger partial charge in [0.1, 0.15) is 12.0 Å². The minimum atomic E-state index is -3.55. The van der Waals surface area contributed by atoms with Crippen LogP contribution >= 0.6 is 0 Å². The molecule has 124 valence electrons. The molecule has 7 heteroatoms. The second-order valence-electron chi connectivity index (χ2n) is 6.12. The van der Waals surface area contributed by atoms with Gasteiger partial charge in [-0.05, 0) is 31.9 Å². The number of aryl methyl sites for hydroxylation is 1. The molecule has 0 radical (unpaired) electrons. The molecule has 24 heavy (non-hydrogen) atoms. The summed E-state index contributed by atoms with van der Waals surface area (Å²) in [5.74, 6) is 0.206. The number of sulfone groups is 1. The Morgan fingerprint density at radius 3 is 2.71 bits per heavy atom. The Balaban J connectivity index is 1.59. The average Bonchev–Trinajstić information content (AvgIpc) is 3.08. The van der Waals surface area contributed by atoms with E-state index in [1.807, 2.05) is 31.2 Å². The lowest BCUT2D eigenvalue weighted by Crippen LogP contribution is -2.12. The van der Waals surface area contributed by atoms with E-state index >= 15 is 0 Å². The summed E-state index contributed by atoms with van der Waals surface area (Å²) in [4.78, 5) is 8.35. The van der Waals surface area contributed by atoms with E-state index in [1.54, 1.807) is 10.8 Å². The number of benzene rings is 1. The van der Waals surface area contributed by atoms with E-state index in [-0.39, 0.29) is 17.0 Å². The zero-order chi connectivity index (χ0) is 16.7. The van der Waals surface area contributed by atoms with E-state index < -0.39 is 9.84 Å². The Hall–Kier alpha value is -2.41. The molecule has 1 saturated carbocycles. The molecule has 0 aliphatic heterocycles. The maximum absolute atomic E-state index is 12.6. The Labute approximate surface area is 140 Å². The highest BCUT2D eigenvalue weighted by Gasteiger charge is 2.31. The molecule has 0 bridgehead atoms. The fraction of sp³-hybridized carbons (Fsp3) is 0.294. The van der Waals surface area contributed by atoms with Crippen molar-refractivity contribution in [2.45, 2.75) is 36.7 Å². The van der Waals surface area contributed by atoms with Gasteiger partial charge < -0.3 is 8.98 Å². The minimum absolute atomic E-state index is 0.116. The van der Waals surface area contributed by atoms with Crippen molar-refractivity contribution in [1.82, 2.24) is 14.5 Å². The number of oxazole rings is 1. The predicted molar refractivity (Wildman–Crippen MR) is 88.1 cm³/mol. The quantitative estimate of drug-likeness (QED) is 0.711. The molecular weight excluding hydrogens is 326 g/mol. The lowest BCUT2D eigenvalue weighted by Gasteiger charge is -2.05. The smallest absolute Gasteiger partial charge is 0.228 e. The van der Waals surface area contributed by atoms with Crippen molar-refractivity contribution in [2.75, 3.05) is 0 Å². The third-order valence-electron chi connectivity index (χ3n) is 4.04. The second kappa shape index (κ2) is 5.59. The van der Waals surface area contributed by atoms with Gasteiger partial charge in [0.25, 0.3) is 0 Å². The van der Waals surface area contributed by atoms with Crippen LogP contribution in [-0.2, 0) is 15.6 Å². The SMILES string of the molecule is Cc1ccc(-c2nc(CS(=O)(=O)c3nccn3C3CC3)co2)cc1. The third-order valence-corrected chi connectivity index (χ3v) is 5.59. The normalized spacial score (nSPS) is 14.9. The van der Waals surface area contributed by atoms with E-state index in [0.717, 1.165) is 24.0 Å². The molecule has 0 N–H and O–H groups in total. The van der Waals surface area contributed by atoms with Crippen molar-refractivity contribution in [2.24, 2.45) is 0 Å². The van der Waals surface area contributed by atoms with Crippen molar-refractivity contribution in [1.29, 1.82) is 0 Å². The second-order valence-corrected chi connectivity index (χ2v) is 8.00. The van der Waals surface area contributed by atoms with Gasteiger partial charge >= 0.3 is 0 Å². The summed E-state index contributed by atoms with van der Waals surface area (Å²) >= 11 is 0. The number of aromatic nitrogens is 3. The Morgan fingerprint density at radius 1 is 1.25 bits per heavy atom. The van der Waals surface area contributed by atoms with Crippen molar-refractivity contribution < 1.29 is 12.8 Å². The first-order chi connectivity index (χ1) is 11.5. The Bertz CT molecular complexity index is 967. The summed E-state index contributed by atoms with van der Waals surface area (Å²) in [5, 5.41) is 0.116. The zero-order valence-electron chi connectivity index (χ0n) is 13.2. The summed E-state index contributed by atoms with van der Waals surface area (Å²) in [5.41, 5.74) is 2.35. The van der Waals surface area contributed by atoms with Crippen LogP contribution in [0.2, 0.25) is 0 Å². The van der Waals surface area contributed by atoms with Gasteiger partial charge in [0.05, 0.1) is 5.69 Å². The fourth-order valence-corrected chi connectivity index (χ4v) is 4.04. The molecule has 3 aromatic rings. The van der Waals surface area contributed by atoms with Crippen LogP contribution in [0.25, 0.3) is 11.5 Å². The summed E-state index contributed by atoms with van der Waals surface area (Å²) in [6, 6.07) is 7.99. The topological polar surface area (TPSA) is 78.0 Å². The maximum atomic E-state index is 12.6. The molecule has 1 fully saturated rings. The summed E-state index contributed by atoms with van der Waals surface area (Å²) in [6.07, 6.45) is 6.66. The minimum Gasteiger partial charge on any atom is -0.444 e. The third kappa shape index (κ3) is 2.87. The monoisotopic (exact) mass is 343 g/mol. The number of imidazole rings is 1. The van der Waals surface area contributed by atoms with E-state index in [0.29, 0.717) is 11.6 Å². The van der Waals surface area contributed by atoms with Gasteiger partial charge in [0, 0.05) is 24.0 Å². The van der Waals surface area contributed by atoms with Gasteiger partial charge in [-0.1, -0.05) is 17.7 Å². The van der Waals surface area contributed by atoms with Crippen molar-refractivity contribution in [3.8, 4) is 11.5 Å². The first-order valence-corrected chi connectivity index (χ1v) is 9.45. The molecule has 0 saturated heterocycles. The van der Waals surface area contributed by atoms with Crippen LogP contribution in [-0.4, -0.2) is 23.0 Å². The highest BCUT2D eigenvalue weighted by molar-refractivity contribution is 7.90. The summed E-state index contributed by atoms with van der Waals surface area (Å²) in [6.45, 7) is 2.00. The van der Waals surface area contributed by atoms with Crippen LogP contribution in [0, 0.1) is 6.92 Å². The van der Waals surface area contributed by atoms with E-state index in [4.69, 9.17) is 4.42 Å². The van der Waals surface area contributed by atoms with Gasteiger partial charge in [-0.25, -0.2) is 18.4 Å². The van der Waals surface area contributed by atoms with Gasteiger partial charge in [-0.15, -0.1) is 0 Å². The van der Waals surface area contributed by atoms with Gasteiger partial charge in [-0.2, -0.15) is 0 Å². The van der Waals surface area contributed by atoms with Crippen molar-refractivity contribution >= 4 is 9.84 Å². The van der Waals surface area contributed by atoms with E-state index in [2.05, 4.69) is 9.97 Å². The molecule has 1 aliphatic rings. The molecule has 6 nitrogen and oxygen atoms in total. The van der Waals surface area contributed by atoms with Crippen LogP contribution in [0.1, 0.15) is 30.1 Å². The van der Waals surface area contributed by atoms with Crippen molar-refractivity contribution in [3.05, 3.63) is 54.2 Å². The zero-order valence-corrected chi connectivity index (χ0v) is 14.0. The average molecular weight is 343 g/mol. The highest BCUT2D eigenvalue weighted by Crippen LogP contribution is 2.37. The molecule has 4 rings (SSSR count). The van der Waals surface area contributed by atoms with Gasteiger partial charge in [-0.3, -0.25) is 0 Å². The maximum Gasteiger partial charge on any atom is 0.228 e. The molecule has 0 unspecified atom stereocenters. The lowest BCUT2D eigenvalue weighted by atomic mass is 10.1. The molecule has 1 aromatic carbocycles. The number of rotatable bonds is 5. The van der Waals surface area contributed by atoms with Crippen LogP contribution in [0.5, 0.6) is 0 Å². The summed E-state index contributed by atoms with van der Waals surface area (Å²) < 4.78 is 32.5. The van der Waals surface area contributed by atoms with Crippen LogP contribution in [0.15, 0.2) is 52.5 Å². The molecule has 2 aromatic heterocycles. The first kappa shape index (κ1) is 15.1. The molecule has 0 atom stereocenters. The Morgan fingerprint density at radius 2 is 2.00 bits per heavy atom. The largest absolute Gasteiger partial charge is 0.444 e. The molecule has 0 amide bonds. The molecule has 0 spiro atoms. The van der Waals surface area contributed by atoms with E-state index in [1.165, 1.54) is 12.5 Å². The summed E-state index contributed by atoms with van der Waals surface area (Å²) in [7, 11) is -3.55. The first-order valence-electron chi connectivity index (χ1n) is 7.80. The highest BCUT2D eigenvalue weighted by atomic mass is 32.2.